The van der Waals surface area contributed by atoms with Crippen LogP contribution in [0.4, 0.5) is 0 Å². The van der Waals surface area contributed by atoms with E-state index in [1.165, 1.54) is 6.07 Å². The maximum absolute atomic E-state index is 11.3. The fraction of sp³-hybridized carbons (Fsp3) is 0.400. The molecule has 0 saturated carbocycles. The van der Waals surface area contributed by atoms with E-state index >= 15 is 0 Å². The Labute approximate surface area is 108 Å². The van der Waals surface area contributed by atoms with Gasteiger partial charge >= 0.3 is 0 Å². The van der Waals surface area contributed by atoms with Crippen molar-refractivity contribution < 1.29 is 13.2 Å². The molecule has 1 unspecified atom stereocenters. The van der Waals surface area contributed by atoms with E-state index in [9.17, 15) is 8.42 Å². The van der Waals surface area contributed by atoms with Crippen molar-refractivity contribution in [3.8, 4) is 5.75 Å². The molecule has 16 heavy (non-hydrogen) atoms. The molecule has 0 aromatic heterocycles. The summed E-state index contributed by atoms with van der Waals surface area (Å²) < 4.78 is 28.8. The molecule has 0 saturated heterocycles. The third-order valence-corrected chi connectivity index (χ3v) is 3.91. The normalized spacial score (nSPS) is 13.5. The van der Waals surface area contributed by atoms with Gasteiger partial charge < -0.3 is 4.74 Å². The van der Waals surface area contributed by atoms with E-state index in [0.717, 1.165) is 6.42 Å². The molecule has 0 aliphatic rings. The van der Waals surface area contributed by atoms with Crippen molar-refractivity contribution in [1.82, 2.24) is 0 Å². The summed E-state index contributed by atoms with van der Waals surface area (Å²) in [6, 6.07) is 4.73. The van der Waals surface area contributed by atoms with E-state index < -0.39 is 9.05 Å². The fourth-order valence-electron chi connectivity index (χ4n) is 1.07. The summed E-state index contributed by atoms with van der Waals surface area (Å²) in [5.74, 6) is 0.285. The molecule has 0 bridgehead atoms. The number of rotatable bonds is 4. The SMILES string of the molecule is CCC(C)Oc1ccc(Br)cc1S(=O)(=O)Cl. The molecule has 0 fully saturated rings. The van der Waals surface area contributed by atoms with Gasteiger partial charge in [-0.25, -0.2) is 8.42 Å². The predicted octanol–water partition coefficient (Wildman–Crippen LogP) is 3.55. The largest absolute Gasteiger partial charge is 0.489 e. The average molecular weight is 328 g/mol. The molecule has 90 valence electrons. The Morgan fingerprint density at radius 2 is 2.12 bits per heavy atom. The van der Waals surface area contributed by atoms with Gasteiger partial charge in [-0.15, -0.1) is 0 Å². The molecule has 0 aliphatic carbocycles. The third kappa shape index (κ3) is 3.64. The van der Waals surface area contributed by atoms with E-state index in [2.05, 4.69) is 15.9 Å². The van der Waals surface area contributed by atoms with Gasteiger partial charge in [-0.1, -0.05) is 22.9 Å². The highest BCUT2D eigenvalue weighted by Gasteiger charge is 2.18. The summed E-state index contributed by atoms with van der Waals surface area (Å²) in [5, 5.41) is 0. The predicted molar refractivity (Wildman–Crippen MR) is 67.6 cm³/mol. The Hall–Kier alpha value is -0.260. The lowest BCUT2D eigenvalue weighted by Crippen LogP contribution is -2.11. The van der Waals surface area contributed by atoms with Crippen LogP contribution in [0.25, 0.3) is 0 Å². The highest BCUT2D eigenvalue weighted by Crippen LogP contribution is 2.30. The molecule has 0 heterocycles. The van der Waals surface area contributed by atoms with E-state index in [4.69, 9.17) is 15.4 Å². The van der Waals surface area contributed by atoms with Crippen molar-refractivity contribution in [2.45, 2.75) is 31.3 Å². The molecular formula is C10H12BrClO3S. The molecule has 1 aromatic rings. The molecule has 0 N–H and O–H groups in total. The highest BCUT2D eigenvalue weighted by atomic mass is 79.9. The van der Waals surface area contributed by atoms with Gasteiger partial charge in [-0.05, 0) is 31.5 Å². The van der Waals surface area contributed by atoms with Crippen molar-refractivity contribution in [3.05, 3.63) is 22.7 Å². The third-order valence-electron chi connectivity index (χ3n) is 2.07. The Balaban J connectivity index is 3.19. The number of hydrogen-bond donors (Lipinski definition) is 0. The van der Waals surface area contributed by atoms with Gasteiger partial charge in [0.25, 0.3) is 9.05 Å². The van der Waals surface area contributed by atoms with E-state index in [1.54, 1.807) is 12.1 Å². The summed E-state index contributed by atoms with van der Waals surface area (Å²) in [6.45, 7) is 3.82. The Bertz CT molecular complexity index is 473. The van der Waals surface area contributed by atoms with Crippen LogP contribution >= 0.6 is 26.6 Å². The van der Waals surface area contributed by atoms with Crippen LogP contribution < -0.4 is 4.74 Å². The molecule has 6 heteroatoms. The first-order valence-electron chi connectivity index (χ1n) is 4.75. The van der Waals surface area contributed by atoms with Crippen molar-refractivity contribution in [3.63, 3.8) is 0 Å². The second-order valence-electron chi connectivity index (χ2n) is 3.37. The minimum Gasteiger partial charge on any atom is -0.489 e. The van der Waals surface area contributed by atoms with Gasteiger partial charge in [-0.2, -0.15) is 0 Å². The van der Waals surface area contributed by atoms with Crippen LogP contribution in [0.15, 0.2) is 27.6 Å². The minimum atomic E-state index is -3.79. The molecule has 1 atom stereocenters. The molecule has 0 radical (unpaired) electrons. The van der Waals surface area contributed by atoms with Gasteiger partial charge in [0, 0.05) is 15.2 Å². The van der Waals surface area contributed by atoms with Crippen molar-refractivity contribution in [1.29, 1.82) is 0 Å². The second-order valence-corrected chi connectivity index (χ2v) is 6.82. The van der Waals surface area contributed by atoms with Crippen LogP contribution in [0.5, 0.6) is 5.75 Å². The maximum atomic E-state index is 11.3. The second kappa shape index (κ2) is 5.38. The number of halogens is 2. The standard InChI is InChI=1S/C10H12BrClO3S/c1-3-7(2)15-9-5-4-8(11)6-10(9)16(12,13)14/h4-7H,3H2,1-2H3. The van der Waals surface area contributed by atoms with E-state index in [0.29, 0.717) is 4.47 Å². The van der Waals surface area contributed by atoms with Gasteiger partial charge in [0.15, 0.2) is 0 Å². The topological polar surface area (TPSA) is 43.4 Å². The van der Waals surface area contributed by atoms with Gasteiger partial charge in [0.05, 0.1) is 6.10 Å². The van der Waals surface area contributed by atoms with Crippen LogP contribution in [0.2, 0.25) is 0 Å². The quantitative estimate of drug-likeness (QED) is 0.794. The zero-order valence-electron chi connectivity index (χ0n) is 8.91. The summed E-state index contributed by atoms with van der Waals surface area (Å²) in [5.41, 5.74) is 0. The lowest BCUT2D eigenvalue weighted by atomic mass is 10.3. The lowest BCUT2D eigenvalue weighted by Gasteiger charge is -2.14. The average Bonchev–Trinajstić information content (AvgIpc) is 2.19. The van der Waals surface area contributed by atoms with Crippen LogP contribution in [-0.4, -0.2) is 14.5 Å². The van der Waals surface area contributed by atoms with Gasteiger partial charge in [0.2, 0.25) is 0 Å². The highest BCUT2D eigenvalue weighted by molar-refractivity contribution is 9.10. The van der Waals surface area contributed by atoms with Gasteiger partial charge in [0.1, 0.15) is 10.6 Å². The number of ether oxygens (including phenoxy) is 1. The summed E-state index contributed by atoms with van der Waals surface area (Å²) in [7, 11) is 1.54. The first-order chi connectivity index (χ1) is 7.34. The van der Waals surface area contributed by atoms with Crippen molar-refractivity contribution >= 4 is 35.7 Å². The van der Waals surface area contributed by atoms with Crippen LogP contribution in [0, 0.1) is 0 Å². The molecule has 1 aromatic carbocycles. The first-order valence-corrected chi connectivity index (χ1v) is 7.85. The Morgan fingerprint density at radius 3 is 2.62 bits per heavy atom. The zero-order valence-corrected chi connectivity index (χ0v) is 12.1. The van der Waals surface area contributed by atoms with Crippen molar-refractivity contribution in [2.24, 2.45) is 0 Å². The summed E-state index contributed by atoms with van der Waals surface area (Å²) >= 11 is 3.19. The fourth-order valence-corrected chi connectivity index (χ4v) is 2.57. The summed E-state index contributed by atoms with van der Waals surface area (Å²) in [6.07, 6.45) is 0.732. The van der Waals surface area contributed by atoms with E-state index in [-0.39, 0.29) is 16.7 Å². The first kappa shape index (κ1) is 13.8. The monoisotopic (exact) mass is 326 g/mol. The minimum absolute atomic E-state index is 0.0103. The molecule has 0 amide bonds. The van der Waals surface area contributed by atoms with E-state index in [1.807, 2.05) is 13.8 Å². The summed E-state index contributed by atoms with van der Waals surface area (Å²) in [4.78, 5) is -0.0103. The Kier molecular flexibility index (Phi) is 4.64. The molecule has 1 rings (SSSR count). The number of benzene rings is 1. The number of hydrogen-bond acceptors (Lipinski definition) is 3. The molecule has 3 nitrogen and oxygen atoms in total. The molecule has 0 spiro atoms. The van der Waals surface area contributed by atoms with Crippen LogP contribution in [0.1, 0.15) is 20.3 Å². The smallest absolute Gasteiger partial charge is 0.265 e. The van der Waals surface area contributed by atoms with Crippen LogP contribution in [0.3, 0.4) is 0 Å². The molecular weight excluding hydrogens is 316 g/mol. The van der Waals surface area contributed by atoms with Crippen LogP contribution in [-0.2, 0) is 9.05 Å². The van der Waals surface area contributed by atoms with Gasteiger partial charge in [-0.3, -0.25) is 0 Å². The Morgan fingerprint density at radius 1 is 1.50 bits per heavy atom. The molecule has 0 aliphatic heterocycles. The lowest BCUT2D eigenvalue weighted by molar-refractivity contribution is 0.212. The maximum Gasteiger partial charge on any atom is 0.265 e. The van der Waals surface area contributed by atoms with Crippen molar-refractivity contribution in [2.75, 3.05) is 0 Å². The zero-order chi connectivity index (χ0) is 12.3.